The zero-order chi connectivity index (χ0) is 14.9. The van der Waals surface area contributed by atoms with E-state index in [1.165, 1.54) is 44.8 Å². The van der Waals surface area contributed by atoms with Gasteiger partial charge in [-0.15, -0.1) is 14.0 Å². The van der Waals surface area contributed by atoms with Gasteiger partial charge in [0.2, 0.25) is 7.71 Å². The predicted molar refractivity (Wildman–Crippen MR) is 91.4 cm³/mol. The molecule has 3 heterocycles. The fourth-order valence-corrected chi connectivity index (χ4v) is 7.86. The maximum atomic E-state index is 2.66. The minimum absolute atomic E-state index is 0. The van der Waals surface area contributed by atoms with Crippen molar-refractivity contribution in [3.8, 4) is 0 Å². The summed E-state index contributed by atoms with van der Waals surface area (Å²) < 4.78 is 7.97. The van der Waals surface area contributed by atoms with Gasteiger partial charge in [-0.3, -0.25) is 4.90 Å². The first kappa shape index (κ1) is 18.3. The molecule has 0 unspecified atom stereocenters. The molecule has 0 N–H and O–H groups in total. The Bertz CT molecular complexity index is 436. The maximum Gasteiger partial charge on any atom is 0.231 e. The van der Waals surface area contributed by atoms with Gasteiger partial charge in [-0.2, -0.15) is 0 Å². The van der Waals surface area contributed by atoms with Gasteiger partial charge in [0.15, 0.2) is 0 Å². The number of nitrogens with zero attached hydrogens (tertiary/aromatic N) is 4. The van der Waals surface area contributed by atoms with Crippen LogP contribution >= 0.6 is 7.71 Å². The number of rotatable bonds is 2. The lowest BCUT2D eigenvalue weighted by Crippen LogP contribution is -3.00. The molecule has 3 fully saturated rings. The van der Waals surface area contributed by atoms with E-state index in [-0.39, 0.29) is 17.0 Å². The molecular formula is C16H28BrN4P. The first-order valence-corrected chi connectivity index (χ1v) is 9.75. The van der Waals surface area contributed by atoms with Crippen LogP contribution in [0.4, 0.5) is 0 Å². The van der Waals surface area contributed by atoms with Crippen molar-refractivity contribution in [1.29, 1.82) is 0 Å². The maximum absolute atomic E-state index is 2.66. The molecule has 0 aromatic heterocycles. The smallest absolute Gasteiger partial charge is 0.231 e. The molecule has 6 heteroatoms. The van der Waals surface area contributed by atoms with Crippen LogP contribution in [0.3, 0.4) is 0 Å². The summed E-state index contributed by atoms with van der Waals surface area (Å²) in [5.74, 6) is 0. The van der Waals surface area contributed by atoms with Crippen LogP contribution in [0.1, 0.15) is 5.56 Å². The van der Waals surface area contributed by atoms with Crippen LogP contribution in [0, 0.1) is 0 Å². The highest BCUT2D eigenvalue weighted by molar-refractivity contribution is 7.68. The number of hydrogen-bond acceptors (Lipinski definition) is 4. The summed E-state index contributed by atoms with van der Waals surface area (Å²) in [6.07, 6.45) is 1.16. The van der Waals surface area contributed by atoms with Crippen LogP contribution in [0.15, 0.2) is 30.3 Å². The molecule has 1 aromatic carbocycles. The molecule has 2 bridgehead atoms. The van der Waals surface area contributed by atoms with Crippen LogP contribution in [0.2, 0.25) is 0 Å². The monoisotopic (exact) mass is 386 g/mol. The molecule has 0 radical (unpaired) electrons. The first-order valence-electron chi connectivity index (χ1n) is 7.92. The third kappa shape index (κ3) is 3.40. The molecule has 124 valence electrons. The predicted octanol–water partition coefficient (Wildman–Crippen LogP) is -0.922. The molecule has 0 aliphatic carbocycles. The van der Waals surface area contributed by atoms with Crippen LogP contribution in [0.25, 0.3) is 0 Å². The van der Waals surface area contributed by atoms with Gasteiger partial charge in [0.25, 0.3) is 0 Å². The molecule has 0 atom stereocenters. The second-order valence-electron chi connectivity index (χ2n) is 6.32. The van der Waals surface area contributed by atoms with Crippen molar-refractivity contribution in [2.24, 2.45) is 0 Å². The molecule has 1 aromatic rings. The van der Waals surface area contributed by atoms with Gasteiger partial charge in [-0.25, -0.2) is 0 Å². The number of benzene rings is 1. The Morgan fingerprint density at radius 3 is 1.68 bits per heavy atom. The van der Waals surface area contributed by atoms with Gasteiger partial charge in [-0.1, -0.05) is 30.3 Å². The normalized spacial score (nSPS) is 31.1. The van der Waals surface area contributed by atoms with Gasteiger partial charge in [-0.05, 0) is 5.56 Å². The van der Waals surface area contributed by atoms with E-state index in [0.717, 1.165) is 6.16 Å². The van der Waals surface area contributed by atoms with Gasteiger partial charge in [0, 0.05) is 60.4 Å². The van der Waals surface area contributed by atoms with Crippen molar-refractivity contribution in [1.82, 2.24) is 18.9 Å². The summed E-state index contributed by atoms with van der Waals surface area (Å²) in [5.41, 5.74) is 1.47. The summed E-state index contributed by atoms with van der Waals surface area (Å²) >= 11 is 0. The average Bonchev–Trinajstić information content (AvgIpc) is 2.49. The number of halogens is 1. The van der Waals surface area contributed by atoms with Crippen LogP contribution in [-0.4, -0.2) is 79.3 Å². The zero-order valence-electron chi connectivity index (χ0n) is 14.0. The Morgan fingerprint density at radius 2 is 1.23 bits per heavy atom. The molecule has 3 aliphatic heterocycles. The quantitative estimate of drug-likeness (QED) is 0.609. The summed E-state index contributed by atoms with van der Waals surface area (Å²) in [6.45, 7) is 7.18. The Labute approximate surface area is 146 Å². The van der Waals surface area contributed by atoms with E-state index in [0.29, 0.717) is 0 Å². The summed E-state index contributed by atoms with van der Waals surface area (Å²) in [6, 6.07) is 11.0. The molecule has 0 amide bonds. The minimum Gasteiger partial charge on any atom is -1.00 e. The van der Waals surface area contributed by atoms with Gasteiger partial charge < -0.3 is 17.0 Å². The van der Waals surface area contributed by atoms with Crippen molar-refractivity contribution in [3.05, 3.63) is 35.9 Å². The topological polar surface area (TPSA) is 13.0 Å². The number of hydrogen-bond donors (Lipinski definition) is 0. The molecule has 4 rings (SSSR count). The summed E-state index contributed by atoms with van der Waals surface area (Å²) in [7, 11) is 5.55. The van der Waals surface area contributed by atoms with Crippen molar-refractivity contribution in [2.45, 2.75) is 6.16 Å². The number of fused-ring (bicyclic) bond motifs is 6. The molecule has 0 spiro atoms. The van der Waals surface area contributed by atoms with Crippen LogP contribution in [-0.2, 0) is 6.16 Å². The van der Waals surface area contributed by atoms with Crippen molar-refractivity contribution >= 4 is 7.71 Å². The van der Waals surface area contributed by atoms with Gasteiger partial charge in [0.1, 0.15) is 6.16 Å². The van der Waals surface area contributed by atoms with Crippen molar-refractivity contribution in [2.75, 3.05) is 60.4 Å². The SMILES string of the molecule is CN1CCN2CCN(C)[P+]1(Cc1ccccc1)N(C)CC2.[Br-]. The highest BCUT2D eigenvalue weighted by Gasteiger charge is 2.53. The fraction of sp³-hybridized carbons (Fsp3) is 0.625. The molecule has 3 saturated heterocycles. The lowest BCUT2D eigenvalue weighted by molar-refractivity contribution is -0.00000461. The van der Waals surface area contributed by atoms with Crippen molar-refractivity contribution in [3.63, 3.8) is 0 Å². The second-order valence-corrected chi connectivity index (χ2v) is 10.1. The van der Waals surface area contributed by atoms with Crippen LogP contribution in [0.5, 0.6) is 0 Å². The Morgan fingerprint density at radius 1 is 0.773 bits per heavy atom. The lowest BCUT2D eigenvalue weighted by atomic mass is 10.2. The average molecular weight is 387 g/mol. The van der Waals surface area contributed by atoms with E-state index in [1.54, 1.807) is 0 Å². The lowest BCUT2D eigenvalue weighted by Gasteiger charge is -2.49. The van der Waals surface area contributed by atoms with E-state index < -0.39 is 7.71 Å². The van der Waals surface area contributed by atoms with E-state index in [4.69, 9.17) is 0 Å². The Balaban J connectivity index is 0.00000176. The van der Waals surface area contributed by atoms with E-state index >= 15 is 0 Å². The fourth-order valence-electron chi connectivity index (χ4n) is 3.65. The van der Waals surface area contributed by atoms with E-state index in [2.05, 4.69) is 70.4 Å². The Kier molecular flexibility index (Phi) is 6.40. The molecular weight excluding hydrogens is 359 g/mol. The summed E-state index contributed by atoms with van der Waals surface area (Å²) in [4.78, 5) is 2.61. The highest BCUT2D eigenvalue weighted by atomic mass is 79.9. The standard InChI is InChI=1S/C16H28N4P.BrH/c1-17-9-12-20-13-10-18(2)21(17,19(3)11-14-20)15-16-7-5-4-6-8-16;/h4-8H,9-15H2,1-3H3;1H/q+1;/p-1. The van der Waals surface area contributed by atoms with E-state index in [9.17, 15) is 0 Å². The first-order chi connectivity index (χ1) is 10.1. The third-order valence-corrected chi connectivity index (χ3v) is 9.77. The molecule has 22 heavy (non-hydrogen) atoms. The molecule has 3 aliphatic rings. The van der Waals surface area contributed by atoms with E-state index in [1.807, 2.05) is 0 Å². The van der Waals surface area contributed by atoms with Crippen LogP contribution < -0.4 is 17.0 Å². The number of likely N-dealkylation sites (N-methyl/N-ethyl adjacent to an activating group) is 3. The largest absolute Gasteiger partial charge is 1.00 e. The highest BCUT2D eigenvalue weighted by Crippen LogP contribution is 2.68. The molecule has 4 nitrogen and oxygen atoms in total. The minimum atomic E-state index is -1.45. The zero-order valence-corrected chi connectivity index (χ0v) is 16.4. The second kappa shape index (κ2) is 7.69. The summed E-state index contributed by atoms with van der Waals surface area (Å²) in [5, 5.41) is 0. The van der Waals surface area contributed by atoms with Gasteiger partial charge in [0.05, 0.1) is 0 Å². The Hall–Kier alpha value is -0.0300. The van der Waals surface area contributed by atoms with Gasteiger partial charge >= 0.3 is 0 Å². The third-order valence-electron chi connectivity index (χ3n) is 5.10. The molecule has 0 saturated carbocycles. The van der Waals surface area contributed by atoms with Crippen molar-refractivity contribution < 1.29 is 17.0 Å².